The van der Waals surface area contributed by atoms with Crippen LogP contribution in [-0.2, 0) is 12.8 Å². The van der Waals surface area contributed by atoms with Crippen molar-refractivity contribution >= 4 is 44.3 Å². The van der Waals surface area contributed by atoms with Gasteiger partial charge in [0, 0.05) is 35.6 Å². The van der Waals surface area contributed by atoms with Crippen LogP contribution in [0.5, 0.6) is 0 Å². The van der Waals surface area contributed by atoms with Crippen molar-refractivity contribution in [2.75, 3.05) is 9.80 Å². The summed E-state index contributed by atoms with van der Waals surface area (Å²) < 4.78 is 31.4. The van der Waals surface area contributed by atoms with Crippen molar-refractivity contribution < 1.29 is 8.78 Å². The van der Waals surface area contributed by atoms with Gasteiger partial charge in [0.15, 0.2) is 12.6 Å². The Balaban J connectivity index is 1.36. The van der Waals surface area contributed by atoms with Crippen LogP contribution < -0.4 is 9.80 Å². The fourth-order valence-corrected chi connectivity index (χ4v) is 7.62. The van der Waals surface area contributed by atoms with Crippen molar-refractivity contribution in [2.24, 2.45) is 0 Å². The van der Waals surface area contributed by atoms with Crippen LogP contribution >= 0.6 is 0 Å². The van der Waals surface area contributed by atoms with E-state index in [1.807, 2.05) is 82.6 Å². The second-order valence-electron chi connectivity index (χ2n) is 12.2. The molecular weight excluding hydrogens is 570 g/mol. The minimum Gasteiger partial charge on any atom is -0.310 e. The molecule has 0 fully saturated rings. The topological polar surface area (TPSA) is 6.48 Å². The highest BCUT2D eigenvalue weighted by Crippen LogP contribution is 2.49. The van der Waals surface area contributed by atoms with Crippen molar-refractivity contribution in [2.45, 2.75) is 25.4 Å². The summed E-state index contributed by atoms with van der Waals surface area (Å²) in [5.74, 6) is 0. The summed E-state index contributed by atoms with van der Waals surface area (Å²) in [6.45, 7) is 0. The van der Waals surface area contributed by atoms with E-state index in [1.165, 1.54) is 0 Å². The molecule has 0 aliphatic carbocycles. The Bertz CT molecular complexity index is 2100. The van der Waals surface area contributed by atoms with Crippen LogP contribution in [0.25, 0.3) is 43.8 Å². The smallest absolute Gasteiger partial charge is 0.180 e. The molecule has 2 aliphatic rings. The van der Waals surface area contributed by atoms with Gasteiger partial charge in [0.05, 0.1) is 0 Å². The molecule has 2 nitrogen and oxygen atoms in total. The first-order chi connectivity index (χ1) is 22.7. The van der Waals surface area contributed by atoms with Gasteiger partial charge in [-0.15, -0.1) is 0 Å². The Kier molecular flexibility index (Phi) is 6.17. The molecule has 0 amide bonds. The molecule has 0 saturated carbocycles. The fourth-order valence-electron chi connectivity index (χ4n) is 7.62. The number of halogens is 2. The molecule has 4 heteroatoms. The second-order valence-corrected chi connectivity index (χ2v) is 12.2. The number of hydrogen-bond donors (Lipinski definition) is 0. The zero-order valence-corrected chi connectivity index (χ0v) is 25.1. The maximum atomic E-state index is 15.7. The van der Waals surface area contributed by atoms with Gasteiger partial charge in [-0.05, 0) is 91.3 Å². The Morgan fingerprint density at radius 1 is 0.413 bits per heavy atom. The van der Waals surface area contributed by atoms with Gasteiger partial charge in [-0.1, -0.05) is 109 Å². The second kappa shape index (κ2) is 10.6. The summed E-state index contributed by atoms with van der Waals surface area (Å²) >= 11 is 0. The number of benzene rings is 7. The Hall–Kier alpha value is -5.48. The highest BCUT2D eigenvalue weighted by Gasteiger charge is 2.32. The van der Waals surface area contributed by atoms with Crippen LogP contribution in [0, 0.1) is 0 Å². The van der Waals surface area contributed by atoms with E-state index < -0.39 is 12.6 Å². The molecule has 222 valence electrons. The van der Waals surface area contributed by atoms with Crippen LogP contribution in [-0.4, -0.2) is 12.6 Å². The Morgan fingerprint density at radius 3 is 1.24 bits per heavy atom. The summed E-state index contributed by atoms with van der Waals surface area (Å²) in [6.07, 6.45) is -1.54. The van der Waals surface area contributed by atoms with Gasteiger partial charge in [0.25, 0.3) is 0 Å². The summed E-state index contributed by atoms with van der Waals surface area (Å²) in [5, 5.41) is 4.24. The van der Waals surface area contributed by atoms with E-state index in [0.29, 0.717) is 12.8 Å². The van der Waals surface area contributed by atoms with Crippen LogP contribution in [0.2, 0.25) is 0 Å². The average molecular weight is 601 g/mol. The maximum Gasteiger partial charge on any atom is 0.180 e. The number of rotatable bonds is 4. The zero-order valence-electron chi connectivity index (χ0n) is 25.1. The van der Waals surface area contributed by atoms with E-state index in [9.17, 15) is 0 Å². The lowest BCUT2D eigenvalue weighted by Gasteiger charge is -2.26. The fraction of sp³-hybridized carbons (Fsp3) is 0.0952. The lowest BCUT2D eigenvalue weighted by atomic mass is 9.85. The largest absolute Gasteiger partial charge is 0.310 e. The predicted molar refractivity (Wildman–Crippen MR) is 187 cm³/mol. The number of para-hydroxylation sites is 2. The van der Waals surface area contributed by atoms with E-state index in [2.05, 4.69) is 72.8 Å². The van der Waals surface area contributed by atoms with Crippen LogP contribution in [0.1, 0.15) is 11.1 Å². The number of hydrogen-bond acceptors (Lipinski definition) is 2. The van der Waals surface area contributed by atoms with Crippen LogP contribution in [0.15, 0.2) is 146 Å². The molecule has 0 N–H and O–H groups in total. The highest BCUT2D eigenvalue weighted by atomic mass is 19.1. The van der Waals surface area contributed by atoms with Crippen LogP contribution in [0.4, 0.5) is 31.5 Å². The summed E-state index contributed by atoms with van der Waals surface area (Å²) in [5.41, 5.74) is 9.84. The van der Waals surface area contributed by atoms with Crippen molar-refractivity contribution in [3.8, 4) is 22.3 Å². The highest BCUT2D eigenvalue weighted by molar-refractivity contribution is 6.22. The third-order valence-electron chi connectivity index (χ3n) is 9.60. The molecule has 2 aliphatic heterocycles. The third kappa shape index (κ3) is 4.13. The van der Waals surface area contributed by atoms with Crippen molar-refractivity contribution in [3.05, 3.63) is 157 Å². The van der Waals surface area contributed by atoms with Gasteiger partial charge in [-0.2, -0.15) is 0 Å². The predicted octanol–water partition coefficient (Wildman–Crippen LogP) is 11.3. The standard InChI is InChI=1S/C42H30F2N2/c43-39-23-29-15-7-9-17-37(29)45(39)31-20-22-34-35(25-31)41(27-11-3-1-4-12-27)33-21-19-32(26-36(33)42(34)28-13-5-2-6-14-28)46-38-18-10-8-16-30(38)24-40(46)44/h1-22,25-26,39-40H,23-24H2. The first kappa shape index (κ1) is 26.9. The molecule has 0 aromatic heterocycles. The van der Waals surface area contributed by atoms with Crippen LogP contribution in [0.3, 0.4) is 0 Å². The molecule has 46 heavy (non-hydrogen) atoms. The zero-order chi connectivity index (χ0) is 30.8. The average Bonchev–Trinajstić information content (AvgIpc) is 3.62. The van der Waals surface area contributed by atoms with E-state index in [0.717, 1.165) is 77.7 Å². The van der Waals surface area contributed by atoms with Gasteiger partial charge in [-0.3, -0.25) is 0 Å². The molecule has 2 atom stereocenters. The van der Waals surface area contributed by atoms with E-state index in [-0.39, 0.29) is 0 Å². The molecule has 9 rings (SSSR count). The molecule has 0 spiro atoms. The first-order valence-corrected chi connectivity index (χ1v) is 15.8. The monoisotopic (exact) mass is 600 g/mol. The van der Waals surface area contributed by atoms with Crippen molar-refractivity contribution in [1.82, 2.24) is 0 Å². The lowest BCUT2D eigenvalue weighted by Crippen LogP contribution is -2.22. The summed E-state index contributed by atoms with van der Waals surface area (Å²) in [7, 11) is 0. The normalized spacial score (nSPS) is 17.1. The van der Waals surface area contributed by atoms with Crippen molar-refractivity contribution in [1.29, 1.82) is 0 Å². The van der Waals surface area contributed by atoms with Gasteiger partial charge < -0.3 is 9.80 Å². The lowest BCUT2D eigenvalue weighted by molar-refractivity contribution is 0.353. The Labute approximate surface area is 266 Å². The SMILES string of the molecule is FC1Cc2ccccc2N1c1ccc2c(-c3ccccc3)c3cc(N4c5ccccc5CC4F)ccc3c(-c3ccccc3)c2c1. The number of fused-ring (bicyclic) bond motifs is 4. The molecule has 7 aromatic carbocycles. The molecule has 2 unspecified atom stereocenters. The molecule has 0 radical (unpaired) electrons. The van der Waals surface area contributed by atoms with Gasteiger partial charge in [0.1, 0.15) is 0 Å². The number of nitrogens with zero attached hydrogens (tertiary/aromatic N) is 2. The van der Waals surface area contributed by atoms with E-state index >= 15 is 8.78 Å². The number of alkyl halides is 2. The molecule has 0 bridgehead atoms. The van der Waals surface area contributed by atoms with Gasteiger partial charge >= 0.3 is 0 Å². The Morgan fingerprint density at radius 2 is 0.804 bits per heavy atom. The van der Waals surface area contributed by atoms with Crippen molar-refractivity contribution in [3.63, 3.8) is 0 Å². The maximum absolute atomic E-state index is 15.7. The minimum atomic E-state index is -1.14. The molecular formula is C42H30F2N2. The minimum absolute atomic E-state index is 0.366. The van der Waals surface area contributed by atoms with Gasteiger partial charge in [-0.25, -0.2) is 8.78 Å². The van der Waals surface area contributed by atoms with Gasteiger partial charge in [0.2, 0.25) is 0 Å². The molecule has 7 aromatic rings. The molecule has 2 heterocycles. The quantitative estimate of drug-likeness (QED) is 0.146. The van der Waals surface area contributed by atoms with E-state index in [4.69, 9.17) is 0 Å². The third-order valence-corrected chi connectivity index (χ3v) is 9.60. The molecule has 0 saturated heterocycles. The number of anilines is 4. The summed E-state index contributed by atoms with van der Waals surface area (Å²) in [6, 6.07) is 49.4. The van der Waals surface area contributed by atoms with E-state index in [1.54, 1.807) is 0 Å². The summed E-state index contributed by atoms with van der Waals surface area (Å²) in [4.78, 5) is 3.65. The first-order valence-electron chi connectivity index (χ1n) is 15.8.